The van der Waals surface area contributed by atoms with Gasteiger partial charge in [0.1, 0.15) is 0 Å². The van der Waals surface area contributed by atoms with Crippen molar-refractivity contribution in [3.8, 4) is 0 Å². The lowest BCUT2D eigenvalue weighted by Gasteiger charge is -2.37. The lowest BCUT2D eigenvalue weighted by Crippen LogP contribution is -2.47. The number of hydrogen-bond donors (Lipinski definition) is 1. The van der Waals surface area contributed by atoms with Gasteiger partial charge >= 0.3 is 0 Å². The van der Waals surface area contributed by atoms with E-state index in [1.807, 2.05) is 6.08 Å². The first-order valence-corrected chi connectivity index (χ1v) is 4.78. The van der Waals surface area contributed by atoms with E-state index in [0.717, 1.165) is 32.4 Å². The van der Waals surface area contributed by atoms with E-state index in [0.29, 0.717) is 0 Å². The molecule has 1 rings (SSSR count). The van der Waals surface area contributed by atoms with Crippen LogP contribution in [0.15, 0.2) is 25.0 Å². The fourth-order valence-corrected chi connectivity index (χ4v) is 1.60. The summed E-state index contributed by atoms with van der Waals surface area (Å²) in [6.45, 7) is 7.62. The van der Waals surface area contributed by atoms with Crippen molar-refractivity contribution in [1.29, 1.82) is 0 Å². The zero-order valence-electron chi connectivity index (χ0n) is 8.02. The van der Waals surface area contributed by atoms with Crippen LogP contribution in [-0.4, -0.2) is 41.3 Å². The van der Waals surface area contributed by atoms with Gasteiger partial charge in [-0.3, -0.25) is 0 Å². The molecular weight excluding hydrogens is 164 g/mol. The predicted molar refractivity (Wildman–Crippen MR) is 54.3 cm³/mol. The van der Waals surface area contributed by atoms with Crippen molar-refractivity contribution in [3.05, 3.63) is 25.0 Å². The van der Waals surface area contributed by atoms with Crippen molar-refractivity contribution in [2.24, 2.45) is 0 Å². The van der Waals surface area contributed by atoms with Crippen molar-refractivity contribution >= 4 is 0 Å². The fraction of sp³-hybridized carbons (Fsp3) is 0.600. The summed E-state index contributed by atoms with van der Waals surface area (Å²) >= 11 is 0. The molecule has 74 valence electrons. The van der Waals surface area contributed by atoms with Gasteiger partial charge in [-0.05, 0) is 18.9 Å². The summed E-state index contributed by atoms with van der Waals surface area (Å²) in [5, 5.41) is 13.1. The van der Waals surface area contributed by atoms with Gasteiger partial charge in [0.2, 0.25) is 0 Å². The Bertz CT molecular complexity index is 180. The standard InChI is InChI=1S/C10H18N2O/c1-2-6-11-7-3-4-8-12(11)9-5-10-13/h2,5,10,13H,1,3-4,6-9H2. The molecule has 1 aliphatic rings. The lowest BCUT2D eigenvalue weighted by atomic mass is 10.2. The van der Waals surface area contributed by atoms with Crippen LogP contribution in [0.3, 0.4) is 0 Å². The van der Waals surface area contributed by atoms with Crippen LogP contribution in [0.25, 0.3) is 0 Å². The van der Waals surface area contributed by atoms with E-state index >= 15 is 0 Å². The fourth-order valence-electron chi connectivity index (χ4n) is 1.60. The Kier molecular flexibility index (Phi) is 4.57. The molecule has 0 bridgehead atoms. The molecule has 0 aromatic carbocycles. The van der Waals surface area contributed by atoms with Crippen LogP contribution in [0, 0.1) is 0 Å². The van der Waals surface area contributed by atoms with Gasteiger partial charge in [0.15, 0.2) is 0 Å². The van der Waals surface area contributed by atoms with Gasteiger partial charge in [0, 0.05) is 26.2 Å². The number of aliphatic hydroxyl groups excluding tert-OH is 1. The molecule has 0 aromatic heterocycles. The highest BCUT2D eigenvalue weighted by atomic mass is 16.2. The predicted octanol–water partition coefficient (Wildman–Crippen LogP) is 1.56. The minimum absolute atomic E-state index is 0.796. The molecular formula is C10H18N2O. The highest BCUT2D eigenvalue weighted by Crippen LogP contribution is 2.09. The zero-order valence-corrected chi connectivity index (χ0v) is 8.02. The molecule has 1 N–H and O–H groups in total. The Morgan fingerprint density at radius 3 is 2.31 bits per heavy atom. The molecule has 1 aliphatic heterocycles. The van der Waals surface area contributed by atoms with Gasteiger partial charge in [-0.15, -0.1) is 6.58 Å². The van der Waals surface area contributed by atoms with E-state index < -0.39 is 0 Å². The first-order valence-electron chi connectivity index (χ1n) is 4.78. The molecule has 1 saturated heterocycles. The Hall–Kier alpha value is -0.800. The Labute approximate surface area is 79.9 Å². The Morgan fingerprint density at radius 1 is 1.15 bits per heavy atom. The molecule has 0 spiro atoms. The van der Waals surface area contributed by atoms with Crippen LogP contribution in [-0.2, 0) is 0 Å². The van der Waals surface area contributed by atoms with Gasteiger partial charge in [0.25, 0.3) is 0 Å². The van der Waals surface area contributed by atoms with Crippen LogP contribution < -0.4 is 0 Å². The summed E-state index contributed by atoms with van der Waals surface area (Å²) in [5.74, 6) is 0. The smallest absolute Gasteiger partial charge is 0.0765 e. The second kappa shape index (κ2) is 5.78. The van der Waals surface area contributed by atoms with Gasteiger partial charge in [0.05, 0.1) is 6.26 Å². The summed E-state index contributed by atoms with van der Waals surface area (Å²) in [4.78, 5) is 0. The molecule has 3 nitrogen and oxygen atoms in total. The molecule has 13 heavy (non-hydrogen) atoms. The SMILES string of the molecule is C=CCN1CCCCN1CC=CO. The third-order valence-electron chi connectivity index (χ3n) is 2.24. The molecule has 1 fully saturated rings. The quantitative estimate of drug-likeness (QED) is 0.528. The second-order valence-corrected chi connectivity index (χ2v) is 3.21. The van der Waals surface area contributed by atoms with Crippen LogP contribution >= 0.6 is 0 Å². The highest BCUT2D eigenvalue weighted by Gasteiger charge is 2.16. The molecule has 0 aliphatic carbocycles. The van der Waals surface area contributed by atoms with E-state index in [9.17, 15) is 0 Å². The maximum Gasteiger partial charge on any atom is 0.0765 e. The second-order valence-electron chi connectivity index (χ2n) is 3.21. The van der Waals surface area contributed by atoms with E-state index in [1.54, 1.807) is 6.08 Å². The maximum absolute atomic E-state index is 8.57. The largest absolute Gasteiger partial charge is 0.516 e. The van der Waals surface area contributed by atoms with Crippen LogP contribution in [0.2, 0.25) is 0 Å². The van der Waals surface area contributed by atoms with E-state index in [4.69, 9.17) is 5.11 Å². The number of nitrogens with zero attached hydrogens (tertiary/aromatic N) is 2. The van der Waals surface area contributed by atoms with Crippen LogP contribution in [0.1, 0.15) is 12.8 Å². The third kappa shape index (κ3) is 3.20. The van der Waals surface area contributed by atoms with Crippen molar-refractivity contribution in [1.82, 2.24) is 10.0 Å². The summed E-state index contributed by atoms with van der Waals surface area (Å²) in [6, 6.07) is 0. The van der Waals surface area contributed by atoms with Crippen LogP contribution in [0.5, 0.6) is 0 Å². The van der Waals surface area contributed by atoms with Gasteiger partial charge < -0.3 is 5.11 Å². The van der Waals surface area contributed by atoms with Crippen molar-refractivity contribution < 1.29 is 5.11 Å². The van der Waals surface area contributed by atoms with Crippen molar-refractivity contribution in [2.45, 2.75) is 12.8 Å². The number of hydrogen-bond acceptors (Lipinski definition) is 3. The highest BCUT2D eigenvalue weighted by molar-refractivity contribution is 4.81. The third-order valence-corrected chi connectivity index (χ3v) is 2.24. The van der Waals surface area contributed by atoms with E-state index in [1.165, 1.54) is 12.8 Å². The molecule has 1 heterocycles. The number of aliphatic hydroxyl groups is 1. The Balaban J connectivity index is 2.40. The monoisotopic (exact) mass is 182 g/mol. The zero-order chi connectivity index (χ0) is 9.52. The van der Waals surface area contributed by atoms with Gasteiger partial charge in [-0.25, -0.2) is 10.0 Å². The molecule has 3 heteroatoms. The maximum atomic E-state index is 8.57. The molecule has 0 unspecified atom stereocenters. The lowest BCUT2D eigenvalue weighted by molar-refractivity contribution is -0.0306. The van der Waals surface area contributed by atoms with Crippen LogP contribution in [0.4, 0.5) is 0 Å². The van der Waals surface area contributed by atoms with Crippen molar-refractivity contribution in [2.75, 3.05) is 26.2 Å². The van der Waals surface area contributed by atoms with Gasteiger partial charge in [-0.2, -0.15) is 0 Å². The molecule has 0 saturated carbocycles. The first-order chi connectivity index (χ1) is 6.38. The number of rotatable bonds is 4. The normalized spacial score (nSPS) is 20.9. The topological polar surface area (TPSA) is 26.7 Å². The Morgan fingerprint density at radius 2 is 1.77 bits per heavy atom. The summed E-state index contributed by atoms with van der Waals surface area (Å²) in [5.41, 5.74) is 0. The molecule has 0 aromatic rings. The van der Waals surface area contributed by atoms with Crippen molar-refractivity contribution in [3.63, 3.8) is 0 Å². The van der Waals surface area contributed by atoms with E-state index in [2.05, 4.69) is 16.6 Å². The minimum Gasteiger partial charge on any atom is -0.516 e. The minimum atomic E-state index is 0.796. The first kappa shape index (κ1) is 10.3. The van der Waals surface area contributed by atoms with E-state index in [-0.39, 0.29) is 0 Å². The van der Waals surface area contributed by atoms with Gasteiger partial charge in [-0.1, -0.05) is 6.08 Å². The molecule has 0 radical (unpaired) electrons. The molecule has 0 amide bonds. The average molecular weight is 182 g/mol. The number of hydrazine groups is 1. The summed E-state index contributed by atoms with van der Waals surface area (Å²) < 4.78 is 0. The summed E-state index contributed by atoms with van der Waals surface area (Å²) in [6.07, 6.45) is 7.29. The average Bonchev–Trinajstić information content (AvgIpc) is 2.17. The molecule has 0 atom stereocenters. The summed E-state index contributed by atoms with van der Waals surface area (Å²) in [7, 11) is 0.